The molecule has 218 valence electrons. The highest BCUT2D eigenvalue weighted by molar-refractivity contribution is 5.78. The first-order valence-electron chi connectivity index (χ1n) is 14.0. The van der Waals surface area contributed by atoms with E-state index in [0.29, 0.717) is 44.3 Å². The van der Waals surface area contributed by atoms with E-state index >= 15 is 0 Å². The van der Waals surface area contributed by atoms with Gasteiger partial charge < -0.3 is 35.1 Å². The van der Waals surface area contributed by atoms with Crippen LogP contribution in [-0.2, 0) is 20.7 Å². The number of carbonyl (C=O) groups excluding carboxylic acids is 1. The van der Waals surface area contributed by atoms with Crippen molar-refractivity contribution in [2.75, 3.05) is 66.8 Å². The van der Waals surface area contributed by atoms with Gasteiger partial charge in [0.1, 0.15) is 0 Å². The highest BCUT2D eigenvalue weighted by Crippen LogP contribution is 2.31. The summed E-state index contributed by atoms with van der Waals surface area (Å²) in [6, 6.07) is 5.62. The number of morpholine rings is 1. The van der Waals surface area contributed by atoms with Crippen molar-refractivity contribution >= 4 is 5.91 Å². The van der Waals surface area contributed by atoms with Crippen LogP contribution in [0.1, 0.15) is 45.6 Å². The predicted molar refractivity (Wildman–Crippen MR) is 150 cm³/mol. The van der Waals surface area contributed by atoms with Crippen molar-refractivity contribution < 1.29 is 28.8 Å². The van der Waals surface area contributed by atoms with Crippen molar-refractivity contribution in [3.8, 4) is 11.5 Å². The Morgan fingerprint density at radius 2 is 1.87 bits per heavy atom. The SMILES string of the molecule is COCCCOc1cc(CC(CC(N)C(O)CC(C)C(=O)NCCN2CCOCC2)C(C)C)ccc1OC. The van der Waals surface area contributed by atoms with Crippen LogP contribution in [-0.4, -0.2) is 94.9 Å². The lowest BCUT2D eigenvalue weighted by atomic mass is 9.82. The second kappa shape index (κ2) is 17.6. The maximum Gasteiger partial charge on any atom is 0.222 e. The van der Waals surface area contributed by atoms with E-state index in [2.05, 4.69) is 30.1 Å². The van der Waals surface area contributed by atoms with E-state index in [4.69, 9.17) is 24.7 Å². The summed E-state index contributed by atoms with van der Waals surface area (Å²) in [4.78, 5) is 14.9. The number of nitrogens with one attached hydrogen (secondary N) is 1. The van der Waals surface area contributed by atoms with Crippen LogP contribution in [0.25, 0.3) is 0 Å². The van der Waals surface area contributed by atoms with Crippen molar-refractivity contribution in [1.29, 1.82) is 0 Å². The molecule has 2 rings (SSSR count). The number of rotatable bonds is 18. The van der Waals surface area contributed by atoms with Gasteiger partial charge in [-0.3, -0.25) is 9.69 Å². The molecular weight excluding hydrogens is 486 g/mol. The molecule has 1 saturated heterocycles. The van der Waals surface area contributed by atoms with Gasteiger partial charge in [0.05, 0.1) is 33.0 Å². The Hall–Kier alpha value is -1.91. The van der Waals surface area contributed by atoms with E-state index < -0.39 is 12.1 Å². The lowest BCUT2D eigenvalue weighted by molar-refractivity contribution is -0.125. The van der Waals surface area contributed by atoms with Gasteiger partial charge in [-0.1, -0.05) is 26.8 Å². The molecule has 0 aliphatic carbocycles. The first kappa shape index (κ1) is 32.3. The molecular formula is C29H51N3O6. The third-order valence-electron chi connectivity index (χ3n) is 7.36. The summed E-state index contributed by atoms with van der Waals surface area (Å²) in [7, 11) is 3.32. The van der Waals surface area contributed by atoms with Crippen molar-refractivity contribution in [3.05, 3.63) is 23.8 Å². The van der Waals surface area contributed by atoms with Crippen LogP contribution >= 0.6 is 0 Å². The molecule has 4 unspecified atom stereocenters. The van der Waals surface area contributed by atoms with E-state index in [1.54, 1.807) is 14.2 Å². The second-order valence-electron chi connectivity index (χ2n) is 10.7. The number of nitrogens with zero attached hydrogens (tertiary/aromatic N) is 1. The molecule has 0 saturated carbocycles. The monoisotopic (exact) mass is 537 g/mol. The van der Waals surface area contributed by atoms with Crippen LogP contribution in [0, 0.1) is 17.8 Å². The molecule has 1 heterocycles. The molecule has 1 aliphatic rings. The summed E-state index contributed by atoms with van der Waals surface area (Å²) in [6.45, 7) is 12.1. The molecule has 4 N–H and O–H groups in total. The van der Waals surface area contributed by atoms with Crippen molar-refractivity contribution in [2.24, 2.45) is 23.5 Å². The fraction of sp³-hybridized carbons (Fsp3) is 0.759. The number of aliphatic hydroxyl groups excluding tert-OH is 1. The van der Waals surface area contributed by atoms with Gasteiger partial charge in [0.15, 0.2) is 11.5 Å². The molecule has 0 aromatic heterocycles. The zero-order valence-corrected chi connectivity index (χ0v) is 24.1. The average Bonchev–Trinajstić information content (AvgIpc) is 2.91. The molecule has 1 fully saturated rings. The van der Waals surface area contributed by atoms with Crippen molar-refractivity contribution in [3.63, 3.8) is 0 Å². The molecule has 0 radical (unpaired) electrons. The minimum Gasteiger partial charge on any atom is -0.493 e. The quantitative estimate of drug-likeness (QED) is 0.245. The van der Waals surface area contributed by atoms with E-state index in [1.165, 1.54) is 0 Å². The molecule has 0 spiro atoms. The molecule has 0 bridgehead atoms. The zero-order valence-electron chi connectivity index (χ0n) is 24.1. The van der Waals surface area contributed by atoms with Gasteiger partial charge in [-0.05, 0) is 48.8 Å². The summed E-state index contributed by atoms with van der Waals surface area (Å²) in [5.41, 5.74) is 7.61. The molecule has 38 heavy (non-hydrogen) atoms. The number of amides is 1. The summed E-state index contributed by atoms with van der Waals surface area (Å²) >= 11 is 0. The molecule has 1 amide bonds. The maximum atomic E-state index is 12.6. The minimum absolute atomic E-state index is 0.0406. The largest absolute Gasteiger partial charge is 0.493 e. The van der Waals surface area contributed by atoms with Gasteiger partial charge in [0, 0.05) is 58.3 Å². The fourth-order valence-electron chi connectivity index (χ4n) is 4.73. The van der Waals surface area contributed by atoms with E-state index in [1.807, 2.05) is 19.1 Å². The van der Waals surface area contributed by atoms with E-state index in [9.17, 15) is 9.90 Å². The number of benzene rings is 1. The molecule has 9 nitrogen and oxygen atoms in total. The number of methoxy groups -OCH3 is 2. The zero-order chi connectivity index (χ0) is 27.9. The Labute approximate surface area is 229 Å². The third kappa shape index (κ3) is 11.5. The fourth-order valence-corrected chi connectivity index (χ4v) is 4.73. The van der Waals surface area contributed by atoms with Crippen LogP contribution in [0.4, 0.5) is 0 Å². The van der Waals surface area contributed by atoms with Crippen molar-refractivity contribution in [2.45, 2.75) is 58.6 Å². The van der Waals surface area contributed by atoms with Crippen LogP contribution in [0.5, 0.6) is 11.5 Å². The summed E-state index contributed by atoms with van der Waals surface area (Å²) in [6.07, 6.45) is 1.88. The number of carbonyl (C=O) groups is 1. The van der Waals surface area contributed by atoms with Crippen LogP contribution < -0.4 is 20.5 Å². The predicted octanol–water partition coefficient (Wildman–Crippen LogP) is 2.48. The maximum absolute atomic E-state index is 12.6. The molecule has 1 aliphatic heterocycles. The highest BCUT2D eigenvalue weighted by Gasteiger charge is 2.26. The van der Waals surface area contributed by atoms with Gasteiger partial charge in [0.25, 0.3) is 0 Å². The molecule has 1 aromatic rings. The summed E-state index contributed by atoms with van der Waals surface area (Å²) in [5.74, 6) is 1.73. The van der Waals surface area contributed by atoms with E-state index in [0.717, 1.165) is 57.0 Å². The van der Waals surface area contributed by atoms with Crippen LogP contribution in [0.3, 0.4) is 0 Å². The van der Waals surface area contributed by atoms with Crippen molar-refractivity contribution in [1.82, 2.24) is 10.2 Å². The smallest absolute Gasteiger partial charge is 0.222 e. The normalized spacial score (nSPS) is 17.6. The number of aliphatic hydroxyl groups is 1. The molecule has 9 heteroatoms. The Morgan fingerprint density at radius 1 is 1.13 bits per heavy atom. The van der Waals surface area contributed by atoms with Crippen LogP contribution in [0.15, 0.2) is 18.2 Å². The van der Waals surface area contributed by atoms with Gasteiger partial charge >= 0.3 is 0 Å². The lowest BCUT2D eigenvalue weighted by Crippen LogP contribution is -2.43. The first-order chi connectivity index (χ1) is 18.2. The van der Waals surface area contributed by atoms with E-state index in [-0.39, 0.29) is 17.7 Å². The van der Waals surface area contributed by atoms with Gasteiger partial charge in [-0.15, -0.1) is 0 Å². The minimum atomic E-state index is -0.744. The Morgan fingerprint density at radius 3 is 2.53 bits per heavy atom. The second-order valence-corrected chi connectivity index (χ2v) is 10.7. The topological polar surface area (TPSA) is 116 Å². The molecule has 4 atom stereocenters. The molecule has 1 aromatic carbocycles. The number of ether oxygens (including phenoxy) is 4. The van der Waals surface area contributed by atoms with Crippen LogP contribution in [0.2, 0.25) is 0 Å². The van der Waals surface area contributed by atoms with Gasteiger partial charge in [-0.25, -0.2) is 0 Å². The highest BCUT2D eigenvalue weighted by atomic mass is 16.5. The number of hydrogen-bond donors (Lipinski definition) is 3. The Balaban J connectivity index is 1.85. The lowest BCUT2D eigenvalue weighted by Gasteiger charge is -2.29. The Bertz CT molecular complexity index is 803. The number of hydrogen-bond acceptors (Lipinski definition) is 8. The number of nitrogens with two attached hydrogens (primary N) is 1. The summed E-state index contributed by atoms with van der Waals surface area (Å²) < 4.78 is 21.9. The third-order valence-corrected chi connectivity index (χ3v) is 7.36. The average molecular weight is 538 g/mol. The van der Waals surface area contributed by atoms with Gasteiger partial charge in [-0.2, -0.15) is 0 Å². The first-order valence-corrected chi connectivity index (χ1v) is 14.0. The van der Waals surface area contributed by atoms with Gasteiger partial charge in [0.2, 0.25) is 5.91 Å². The summed E-state index contributed by atoms with van der Waals surface area (Å²) in [5, 5.41) is 13.8. The Kier molecular flexibility index (Phi) is 15.0. The standard InChI is InChI=1S/C29H51N3O6/c1-21(2)24(18-23-7-8-27(36-5)28(19-23)38-14-6-13-35-4)20-25(30)26(33)17-22(3)29(34)31-9-10-32-11-15-37-16-12-32/h7-8,19,21-22,24-26,33H,6,9-18,20,30H2,1-5H3,(H,31,34).